The summed E-state index contributed by atoms with van der Waals surface area (Å²) in [6.07, 6.45) is 1.83. The maximum atomic E-state index is 13.0. The second-order valence-corrected chi connectivity index (χ2v) is 14.5. The Bertz CT molecular complexity index is 1450. The molecule has 0 radical (unpaired) electrons. The minimum Gasteiger partial charge on any atom is -0.272 e. The molecular formula is C26H12Br8N2O4. The van der Waals surface area contributed by atoms with Gasteiger partial charge in [0.2, 0.25) is 0 Å². The van der Waals surface area contributed by atoms with Crippen molar-refractivity contribution in [1.29, 1.82) is 0 Å². The van der Waals surface area contributed by atoms with Crippen LogP contribution in [0, 0.1) is 0 Å². The number of hydrogen-bond acceptors (Lipinski definition) is 4. The van der Waals surface area contributed by atoms with Crippen molar-refractivity contribution in [3.63, 3.8) is 0 Å². The number of carbonyl (C=O) groups excluding carboxylic acids is 4. The molecule has 0 bridgehead atoms. The molecule has 6 nitrogen and oxygen atoms in total. The van der Waals surface area contributed by atoms with Crippen LogP contribution >= 0.6 is 127 Å². The average molecular weight is 1060 g/mol. The van der Waals surface area contributed by atoms with Gasteiger partial charge in [-0.3, -0.25) is 29.0 Å². The lowest BCUT2D eigenvalue weighted by molar-refractivity contribution is 0.0560. The van der Waals surface area contributed by atoms with Gasteiger partial charge in [0.1, 0.15) is 0 Å². The first-order valence-corrected chi connectivity index (χ1v) is 17.3. The number of imide groups is 2. The number of hydrogen-bond donors (Lipinski definition) is 0. The second-order valence-electron chi connectivity index (χ2n) is 8.15. The number of halogens is 8. The molecule has 14 heteroatoms. The zero-order valence-electron chi connectivity index (χ0n) is 19.6. The number of nitrogens with zero attached hydrogens (tertiary/aromatic N) is 2. The van der Waals surface area contributed by atoms with Crippen LogP contribution in [-0.2, 0) is 0 Å². The average Bonchev–Trinajstić information content (AvgIpc) is 3.35. The zero-order chi connectivity index (χ0) is 29.6. The van der Waals surface area contributed by atoms with Crippen LogP contribution in [-0.4, -0.2) is 46.5 Å². The SMILES string of the molecule is C=Cc1ccccc1.O=C1c2c(Br)c(Br)c(Br)c(Br)c2C(=O)N1CCN1C(=O)c2c(Br)c(Br)c(Br)c(Br)c2C1=O. The molecule has 0 aliphatic carbocycles. The van der Waals surface area contributed by atoms with Crippen molar-refractivity contribution >= 4 is 157 Å². The minimum atomic E-state index is -0.518. The molecule has 2 aliphatic rings. The van der Waals surface area contributed by atoms with E-state index >= 15 is 0 Å². The molecule has 206 valence electrons. The summed E-state index contributed by atoms with van der Waals surface area (Å²) in [5.74, 6) is -2.07. The number of benzene rings is 3. The fourth-order valence-corrected chi connectivity index (χ4v) is 8.90. The molecule has 0 atom stereocenters. The fraction of sp³-hybridized carbons (Fsp3) is 0.0769. The van der Waals surface area contributed by atoms with Gasteiger partial charge >= 0.3 is 0 Å². The van der Waals surface area contributed by atoms with Gasteiger partial charge in [0.15, 0.2) is 0 Å². The van der Waals surface area contributed by atoms with Gasteiger partial charge < -0.3 is 0 Å². The number of fused-ring (bicyclic) bond motifs is 2. The Labute approximate surface area is 296 Å². The predicted molar refractivity (Wildman–Crippen MR) is 182 cm³/mol. The first kappa shape index (κ1) is 32.4. The molecule has 4 amide bonds. The summed E-state index contributed by atoms with van der Waals surface area (Å²) in [7, 11) is 0. The van der Waals surface area contributed by atoms with Gasteiger partial charge in [-0.05, 0) is 133 Å². The van der Waals surface area contributed by atoms with Crippen LogP contribution in [0.15, 0.2) is 72.7 Å². The van der Waals surface area contributed by atoms with E-state index < -0.39 is 23.6 Å². The third-order valence-corrected chi connectivity index (χ3v) is 15.5. The third-order valence-electron chi connectivity index (χ3n) is 5.95. The highest BCUT2D eigenvalue weighted by molar-refractivity contribution is 9.15. The van der Waals surface area contributed by atoms with Crippen molar-refractivity contribution in [2.24, 2.45) is 0 Å². The van der Waals surface area contributed by atoms with E-state index in [0.29, 0.717) is 35.8 Å². The highest BCUT2D eigenvalue weighted by Gasteiger charge is 2.44. The molecule has 3 aromatic carbocycles. The van der Waals surface area contributed by atoms with Gasteiger partial charge in [-0.2, -0.15) is 0 Å². The van der Waals surface area contributed by atoms with Gasteiger partial charge in [-0.25, -0.2) is 0 Å². The van der Waals surface area contributed by atoms with Crippen LogP contribution < -0.4 is 0 Å². The summed E-state index contributed by atoms with van der Waals surface area (Å²) in [5, 5.41) is 0. The maximum Gasteiger partial charge on any atom is 0.262 e. The van der Waals surface area contributed by atoms with Crippen LogP contribution in [0.2, 0.25) is 0 Å². The Morgan fingerprint density at radius 1 is 0.500 bits per heavy atom. The van der Waals surface area contributed by atoms with Crippen molar-refractivity contribution < 1.29 is 19.2 Å². The molecule has 0 saturated heterocycles. The molecule has 0 aromatic heterocycles. The molecule has 3 aromatic rings. The van der Waals surface area contributed by atoms with Crippen molar-refractivity contribution in [2.75, 3.05) is 13.1 Å². The first-order valence-electron chi connectivity index (χ1n) is 11.0. The topological polar surface area (TPSA) is 74.8 Å². The molecule has 5 rings (SSSR count). The lowest BCUT2D eigenvalue weighted by Gasteiger charge is -2.19. The third kappa shape index (κ3) is 5.60. The standard InChI is InChI=1S/C18H4Br8N2O4.C8H8/c19-7-3-4(8(20)12(24)11(7)23)16(30)27(15(3)29)1-2-28-17(31)5-6(18(28)32)10(22)14(26)13(25)9(5)21;1-2-8-6-4-3-5-7-8/h1-2H2;2-7H,1H2. The van der Waals surface area contributed by atoms with Crippen LogP contribution in [0.25, 0.3) is 6.08 Å². The van der Waals surface area contributed by atoms with Gasteiger partial charge in [-0.1, -0.05) is 43.0 Å². The lowest BCUT2D eigenvalue weighted by Crippen LogP contribution is -2.40. The highest BCUT2D eigenvalue weighted by atomic mass is 79.9. The summed E-state index contributed by atoms with van der Waals surface area (Å²) < 4.78 is 4.07. The Kier molecular flexibility index (Phi) is 10.6. The Hall–Kier alpha value is -0.480. The summed E-state index contributed by atoms with van der Waals surface area (Å²) in [6, 6.07) is 10.0. The van der Waals surface area contributed by atoms with E-state index in [0.717, 1.165) is 9.80 Å². The van der Waals surface area contributed by atoms with Gasteiger partial charge in [0.25, 0.3) is 23.6 Å². The second kappa shape index (κ2) is 13.0. The summed E-state index contributed by atoms with van der Waals surface area (Å²) in [4.78, 5) is 54.2. The predicted octanol–water partition coefficient (Wildman–Crippen LogP) is 10.0. The molecular weight excluding hydrogens is 1040 g/mol. The van der Waals surface area contributed by atoms with Gasteiger partial charge in [0, 0.05) is 48.9 Å². The highest BCUT2D eigenvalue weighted by Crippen LogP contribution is 2.47. The monoisotopic (exact) mass is 1050 g/mol. The molecule has 0 saturated carbocycles. The Morgan fingerprint density at radius 2 is 0.775 bits per heavy atom. The first-order chi connectivity index (χ1) is 18.8. The van der Waals surface area contributed by atoms with E-state index in [-0.39, 0.29) is 35.3 Å². The maximum absolute atomic E-state index is 13.0. The smallest absolute Gasteiger partial charge is 0.262 e. The van der Waals surface area contributed by atoms with Crippen molar-refractivity contribution in [2.45, 2.75) is 0 Å². The molecule has 0 fully saturated rings. The molecule has 0 unspecified atom stereocenters. The molecule has 2 heterocycles. The van der Waals surface area contributed by atoms with E-state index in [1.165, 1.54) is 5.56 Å². The van der Waals surface area contributed by atoms with E-state index in [4.69, 9.17) is 0 Å². The van der Waals surface area contributed by atoms with Gasteiger partial charge in [0.05, 0.1) is 22.3 Å². The summed E-state index contributed by atoms with van der Waals surface area (Å²) in [5.41, 5.74) is 2.00. The Balaban J connectivity index is 0.000000398. The van der Waals surface area contributed by atoms with E-state index in [1.54, 1.807) is 0 Å². The summed E-state index contributed by atoms with van der Waals surface area (Å²) in [6.45, 7) is 3.33. The van der Waals surface area contributed by atoms with E-state index in [1.807, 2.05) is 36.4 Å². The van der Waals surface area contributed by atoms with Crippen LogP contribution in [0.4, 0.5) is 0 Å². The van der Waals surface area contributed by atoms with Gasteiger partial charge in [-0.15, -0.1) is 0 Å². The number of rotatable bonds is 4. The zero-order valence-corrected chi connectivity index (χ0v) is 32.3. The van der Waals surface area contributed by atoms with Crippen LogP contribution in [0.3, 0.4) is 0 Å². The summed E-state index contributed by atoms with van der Waals surface area (Å²) >= 11 is 27.0. The van der Waals surface area contributed by atoms with Crippen molar-refractivity contribution in [3.8, 4) is 0 Å². The molecule has 2 aliphatic heterocycles. The number of amides is 4. The lowest BCUT2D eigenvalue weighted by atomic mass is 10.1. The minimum absolute atomic E-state index is 0.149. The quantitative estimate of drug-likeness (QED) is 0.148. The fourth-order valence-electron chi connectivity index (χ4n) is 3.99. The van der Waals surface area contributed by atoms with Crippen molar-refractivity contribution in [1.82, 2.24) is 9.80 Å². The van der Waals surface area contributed by atoms with Crippen LogP contribution in [0.5, 0.6) is 0 Å². The van der Waals surface area contributed by atoms with Crippen molar-refractivity contribution in [3.05, 3.63) is 101 Å². The molecule has 40 heavy (non-hydrogen) atoms. The normalized spacial score (nSPS) is 13.9. The number of carbonyl (C=O) groups is 4. The van der Waals surface area contributed by atoms with E-state index in [2.05, 4.69) is 134 Å². The Morgan fingerprint density at radius 3 is 1.00 bits per heavy atom. The van der Waals surface area contributed by atoms with Crippen LogP contribution in [0.1, 0.15) is 47.0 Å². The molecule has 0 N–H and O–H groups in total. The molecule has 0 spiro atoms. The van der Waals surface area contributed by atoms with E-state index in [9.17, 15) is 19.2 Å². The largest absolute Gasteiger partial charge is 0.272 e.